The quantitative estimate of drug-likeness (QED) is 0.692. The van der Waals surface area contributed by atoms with Crippen LogP contribution in [-0.2, 0) is 13.1 Å². The average Bonchev–Trinajstić information content (AvgIpc) is 2.57. The highest BCUT2D eigenvalue weighted by Gasteiger charge is 2.03. The van der Waals surface area contributed by atoms with Crippen LogP contribution in [0.5, 0.6) is 0 Å². The zero-order valence-electron chi connectivity index (χ0n) is 12.8. The van der Waals surface area contributed by atoms with Gasteiger partial charge in [0.1, 0.15) is 0 Å². The molecular weight excluding hydrogens is 268 g/mol. The normalized spacial score (nSPS) is 10.8. The zero-order valence-corrected chi connectivity index (χ0v) is 12.8. The first-order valence-corrected chi connectivity index (χ1v) is 7.53. The summed E-state index contributed by atoms with van der Waals surface area (Å²) < 4.78 is 0. The van der Waals surface area contributed by atoms with Gasteiger partial charge in [-0.3, -0.25) is 9.88 Å². The Kier molecular flexibility index (Phi) is 4.62. The molecule has 2 aromatic carbocycles. The molecule has 0 fully saturated rings. The molecule has 0 aliphatic heterocycles. The summed E-state index contributed by atoms with van der Waals surface area (Å²) in [6.07, 6.45) is 3.69. The highest BCUT2D eigenvalue weighted by molar-refractivity contribution is 5.63. The van der Waals surface area contributed by atoms with Gasteiger partial charge in [-0.15, -0.1) is 0 Å². The number of rotatable bonds is 5. The first kappa shape index (κ1) is 14.5. The van der Waals surface area contributed by atoms with Gasteiger partial charge >= 0.3 is 0 Å². The fourth-order valence-electron chi connectivity index (χ4n) is 2.60. The first-order valence-electron chi connectivity index (χ1n) is 7.53. The molecule has 0 N–H and O–H groups in total. The van der Waals surface area contributed by atoms with E-state index in [1.54, 1.807) is 0 Å². The number of benzene rings is 2. The Bertz CT molecular complexity index is 691. The van der Waals surface area contributed by atoms with Crippen molar-refractivity contribution < 1.29 is 0 Å². The van der Waals surface area contributed by atoms with E-state index in [1.165, 1.54) is 22.3 Å². The molecule has 2 nitrogen and oxygen atoms in total. The molecule has 1 aromatic heterocycles. The van der Waals surface area contributed by atoms with Crippen LogP contribution in [0.15, 0.2) is 79.1 Å². The fraction of sp³-hybridized carbons (Fsp3) is 0.150. The third-order valence-electron chi connectivity index (χ3n) is 3.72. The van der Waals surface area contributed by atoms with Gasteiger partial charge in [-0.05, 0) is 41.4 Å². The topological polar surface area (TPSA) is 16.1 Å². The second kappa shape index (κ2) is 7.01. The minimum absolute atomic E-state index is 0.933. The van der Waals surface area contributed by atoms with E-state index in [1.807, 2.05) is 18.5 Å². The van der Waals surface area contributed by atoms with E-state index in [9.17, 15) is 0 Å². The van der Waals surface area contributed by atoms with E-state index < -0.39 is 0 Å². The second-order valence-corrected chi connectivity index (χ2v) is 5.59. The van der Waals surface area contributed by atoms with Gasteiger partial charge in [-0.25, -0.2) is 0 Å². The van der Waals surface area contributed by atoms with E-state index in [0.29, 0.717) is 0 Å². The molecule has 0 spiro atoms. The van der Waals surface area contributed by atoms with Crippen LogP contribution in [0.1, 0.15) is 11.1 Å². The van der Waals surface area contributed by atoms with Crippen molar-refractivity contribution in [3.8, 4) is 11.1 Å². The van der Waals surface area contributed by atoms with E-state index in [-0.39, 0.29) is 0 Å². The smallest absolute Gasteiger partial charge is 0.0271 e. The Labute approximate surface area is 132 Å². The van der Waals surface area contributed by atoms with Crippen LogP contribution in [0.25, 0.3) is 11.1 Å². The van der Waals surface area contributed by atoms with Crippen LogP contribution < -0.4 is 0 Å². The SMILES string of the molecule is CN(Cc1ccncc1)Cc1ccc(-c2ccccc2)cc1. The highest BCUT2D eigenvalue weighted by Crippen LogP contribution is 2.19. The van der Waals surface area contributed by atoms with E-state index in [4.69, 9.17) is 0 Å². The maximum atomic E-state index is 4.06. The molecule has 0 atom stereocenters. The zero-order chi connectivity index (χ0) is 15.2. The maximum Gasteiger partial charge on any atom is 0.0271 e. The van der Waals surface area contributed by atoms with Gasteiger partial charge in [-0.1, -0.05) is 54.6 Å². The van der Waals surface area contributed by atoms with Gasteiger partial charge in [0.15, 0.2) is 0 Å². The van der Waals surface area contributed by atoms with Crippen molar-refractivity contribution >= 4 is 0 Å². The number of aromatic nitrogens is 1. The molecule has 1 heterocycles. The Hall–Kier alpha value is -2.45. The molecule has 0 radical (unpaired) electrons. The van der Waals surface area contributed by atoms with Crippen molar-refractivity contribution in [2.24, 2.45) is 0 Å². The number of nitrogens with zero attached hydrogens (tertiary/aromatic N) is 2. The summed E-state index contributed by atoms with van der Waals surface area (Å²) in [5.41, 5.74) is 5.15. The van der Waals surface area contributed by atoms with Crippen molar-refractivity contribution in [3.63, 3.8) is 0 Å². The van der Waals surface area contributed by atoms with Crippen molar-refractivity contribution in [1.82, 2.24) is 9.88 Å². The summed E-state index contributed by atoms with van der Waals surface area (Å²) in [6.45, 7) is 1.88. The van der Waals surface area contributed by atoms with Gasteiger partial charge in [0.2, 0.25) is 0 Å². The Morgan fingerprint density at radius 1 is 0.682 bits per heavy atom. The van der Waals surface area contributed by atoms with Gasteiger partial charge in [0, 0.05) is 25.5 Å². The number of hydrogen-bond acceptors (Lipinski definition) is 2. The summed E-state index contributed by atoms with van der Waals surface area (Å²) in [5.74, 6) is 0. The molecule has 110 valence electrons. The third-order valence-corrected chi connectivity index (χ3v) is 3.72. The Balaban J connectivity index is 1.64. The highest BCUT2D eigenvalue weighted by atomic mass is 15.1. The molecule has 3 rings (SSSR count). The summed E-state index contributed by atoms with van der Waals surface area (Å²) in [5, 5.41) is 0. The summed E-state index contributed by atoms with van der Waals surface area (Å²) in [4.78, 5) is 6.37. The van der Waals surface area contributed by atoms with Crippen molar-refractivity contribution in [1.29, 1.82) is 0 Å². The van der Waals surface area contributed by atoms with Gasteiger partial charge < -0.3 is 0 Å². The number of hydrogen-bond donors (Lipinski definition) is 0. The summed E-state index contributed by atoms with van der Waals surface area (Å²) >= 11 is 0. The minimum Gasteiger partial charge on any atom is -0.298 e. The monoisotopic (exact) mass is 288 g/mol. The Morgan fingerprint density at radius 2 is 1.23 bits per heavy atom. The van der Waals surface area contributed by atoms with Crippen molar-refractivity contribution in [3.05, 3.63) is 90.3 Å². The van der Waals surface area contributed by atoms with Crippen molar-refractivity contribution in [2.45, 2.75) is 13.1 Å². The molecule has 0 aliphatic carbocycles. The second-order valence-electron chi connectivity index (χ2n) is 5.59. The molecule has 22 heavy (non-hydrogen) atoms. The van der Waals surface area contributed by atoms with Crippen LogP contribution in [0.4, 0.5) is 0 Å². The largest absolute Gasteiger partial charge is 0.298 e. The lowest BCUT2D eigenvalue weighted by atomic mass is 10.0. The standard InChI is InChI=1S/C20H20N2/c1-22(16-18-11-13-21-14-12-18)15-17-7-9-20(10-8-17)19-5-3-2-4-6-19/h2-14H,15-16H2,1H3. The van der Waals surface area contributed by atoms with Crippen LogP contribution in [0, 0.1) is 0 Å². The lowest BCUT2D eigenvalue weighted by molar-refractivity contribution is 0.319. The van der Waals surface area contributed by atoms with Crippen LogP contribution in [0.2, 0.25) is 0 Å². The van der Waals surface area contributed by atoms with Crippen LogP contribution in [-0.4, -0.2) is 16.9 Å². The average molecular weight is 288 g/mol. The molecular formula is C20H20N2. The lowest BCUT2D eigenvalue weighted by Gasteiger charge is -2.17. The lowest BCUT2D eigenvalue weighted by Crippen LogP contribution is -2.17. The molecule has 0 aliphatic rings. The molecule has 0 unspecified atom stereocenters. The summed E-state index contributed by atoms with van der Waals surface area (Å²) in [6, 6.07) is 23.4. The molecule has 0 amide bonds. The van der Waals surface area contributed by atoms with Gasteiger partial charge in [0.05, 0.1) is 0 Å². The predicted octanol–water partition coefficient (Wildman–Crippen LogP) is 4.38. The first-order chi connectivity index (χ1) is 10.8. The van der Waals surface area contributed by atoms with Crippen LogP contribution >= 0.6 is 0 Å². The van der Waals surface area contributed by atoms with E-state index in [2.05, 4.69) is 77.6 Å². The molecule has 2 heteroatoms. The molecule has 0 saturated heterocycles. The van der Waals surface area contributed by atoms with Crippen molar-refractivity contribution in [2.75, 3.05) is 7.05 Å². The minimum atomic E-state index is 0.933. The summed E-state index contributed by atoms with van der Waals surface area (Å²) in [7, 11) is 2.14. The van der Waals surface area contributed by atoms with Gasteiger partial charge in [-0.2, -0.15) is 0 Å². The molecule has 0 bridgehead atoms. The van der Waals surface area contributed by atoms with E-state index >= 15 is 0 Å². The predicted molar refractivity (Wildman–Crippen MR) is 91.3 cm³/mol. The molecule has 3 aromatic rings. The van der Waals surface area contributed by atoms with E-state index in [0.717, 1.165) is 13.1 Å². The number of pyridine rings is 1. The Morgan fingerprint density at radius 3 is 1.86 bits per heavy atom. The maximum absolute atomic E-state index is 4.06. The van der Waals surface area contributed by atoms with Gasteiger partial charge in [0.25, 0.3) is 0 Å². The fourth-order valence-corrected chi connectivity index (χ4v) is 2.60. The van der Waals surface area contributed by atoms with Crippen LogP contribution in [0.3, 0.4) is 0 Å². The molecule has 0 saturated carbocycles. The third kappa shape index (κ3) is 3.80.